The summed E-state index contributed by atoms with van der Waals surface area (Å²) in [6.45, 7) is 4.22. The van der Waals surface area contributed by atoms with Crippen molar-refractivity contribution in [2.45, 2.75) is 57.8 Å². The topological polar surface area (TPSA) is 93.1 Å². The fraction of sp³-hybridized carbons (Fsp3) is 0.524. The lowest BCUT2D eigenvalue weighted by Crippen LogP contribution is -2.29. The van der Waals surface area contributed by atoms with Crippen LogP contribution in [0.3, 0.4) is 0 Å². The molecule has 28 heavy (non-hydrogen) atoms. The molecular weight excluding hydrogens is 359 g/mol. The van der Waals surface area contributed by atoms with Crippen LogP contribution in [0, 0.1) is 0 Å². The molecule has 0 aliphatic heterocycles. The number of hydrogen-bond donors (Lipinski definition) is 2. The largest absolute Gasteiger partial charge is 0.488 e. The van der Waals surface area contributed by atoms with Gasteiger partial charge in [0.2, 0.25) is 0 Å². The summed E-state index contributed by atoms with van der Waals surface area (Å²) in [7, 11) is -1.54. The van der Waals surface area contributed by atoms with E-state index in [2.05, 4.69) is 6.58 Å². The minimum atomic E-state index is -1.54. The van der Waals surface area contributed by atoms with Gasteiger partial charge in [0.25, 0.3) is 0 Å². The molecule has 1 rings (SSSR count). The van der Waals surface area contributed by atoms with Gasteiger partial charge in [-0.1, -0.05) is 63.7 Å². The van der Waals surface area contributed by atoms with Crippen molar-refractivity contribution in [2.24, 2.45) is 0 Å². The van der Waals surface area contributed by atoms with Gasteiger partial charge < -0.3 is 19.5 Å². The summed E-state index contributed by atoms with van der Waals surface area (Å²) in [5, 5.41) is 18.1. The second-order valence-electron chi connectivity index (χ2n) is 6.69. The Bertz CT molecular complexity index is 585. The third-order valence-corrected chi connectivity index (χ3v) is 4.38. The lowest BCUT2D eigenvalue weighted by atomic mass is 9.80. The molecule has 1 aromatic carbocycles. The molecule has 0 bridgehead atoms. The summed E-state index contributed by atoms with van der Waals surface area (Å²) in [6.07, 6.45) is 10.8. The zero-order chi connectivity index (χ0) is 20.6. The van der Waals surface area contributed by atoms with Crippen molar-refractivity contribution in [3.63, 3.8) is 0 Å². The third kappa shape index (κ3) is 10.9. The minimum Gasteiger partial charge on any atom is -0.463 e. The Balaban J connectivity index is 1.93. The van der Waals surface area contributed by atoms with E-state index in [1.165, 1.54) is 49.6 Å². The lowest BCUT2D eigenvalue weighted by molar-refractivity contribution is -0.137. The average molecular weight is 390 g/mol. The highest BCUT2D eigenvalue weighted by Crippen LogP contribution is 2.10. The molecule has 0 aliphatic rings. The second kappa shape index (κ2) is 14.9. The molecule has 0 radical (unpaired) electrons. The van der Waals surface area contributed by atoms with Crippen LogP contribution in [0.25, 0.3) is 0 Å². The van der Waals surface area contributed by atoms with Gasteiger partial charge in [0.1, 0.15) is 0 Å². The van der Waals surface area contributed by atoms with E-state index >= 15 is 0 Å². The first-order valence-corrected chi connectivity index (χ1v) is 9.97. The first-order chi connectivity index (χ1) is 13.5. The van der Waals surface area contributed by atoms with Crippen LogP contribution < -0.4 is 5.46 Å². The SMILES string of the molecule is C=CC(=O)OCCCCCCCCCCCOC(=O)c1ccc(B(O)O)cc1. The van der Waals surface area contributed by atoms with E-state index < -0.39 is 13.1 Å². The Hall–Kier alpha value is -2.12. The quantitative estimate of drug-likeness (QED) is 0.207. The van der Waals surface area contributed by atoms with Crippen LogP contribution in [0.5, 0.6) is 0 Å². The molecule has 0 fully saturated rings. The van der Waals surface area contributed by atoms with Crippen LogP contribution in [-0.4, -0.2) is 42.3 Å². The van der Waals surface area contributed by atoms with Gasteiger partial charge in [0.05, 0.1) is 18.8 Å². The molecule has 1 aromatic rings. The smallest absolute Gasteiger partial charge is 0.463 e. The summed E-state index contributed by atoms with van der Waals surface area (Å²) in [5.74, 6) is -0.747. The van der Waals surface area contributed by atoms with E-state index in [1.54, 1.807) is 0 Å². The Morgan fingerprint density at radius 1 is 0.821 bits per heavy atom. The lowest BCUT2D eigenvalue weighted by Gasteiger charge is -2.06. The molecule has 0 saturated carbocycles. The molecule has 0 saturated heterocycles. The number of hydrogen-bond acceptors (Lipinski definition) is 6. The fourth-order valence-corrected chi connectivity index (χ4v) is 2.71. The Labute approximate surface area is 167 Å². The fourth-order valence-electron chi connectivity index (χ4n) is 2.71. The van der Waals surface area contributed by atoms with Crippen LogP contribution in [0.1, 0.15) is 68.1 Å². The van der Waals surface area contributed by atoms with Gasteiger partial charge in [-0.25, -0.2) is 9.59 Å². The average Bonchev–Trinajstić information content (AvgIpc) is 2.71. The number of rotatable bonds is 15. The Morgan fingerprint density at radius 3 is 1.75 bits per heavy atom. The number of esters is 2. The number of carbonyl (C=O) groups is 2. The van der Waals surface area contributed by atoms with Crippen molar-refractivity contribution in [3.8, 4) is 0 Å². The van der Waals surface area contributed by atoms with E-state index in [0.717, 1.165) is 38.5 Å². The van der Waals surface area contributed by atoms with Crippen molar-refractivity contribution >= 4 is 24.5 Å². The van der Waals surface area contributed by atoms with Crippen molar-refractivity contribution < 1.29 is 29.1 Å². The zero-order valence-corrected chi connectivity index (χ0v) is 16.5. The summed E-state index contributed by atoms with van der Waals surface area (Å²) in [4.78, 5) is 22.7. The maximum absolute atomic E-state index is 11.9. The highest BCUT2D eigenvalue weighted by Gasteiger charge is 2.12. The molecular formula is C21H31BO6. The van der Waals surface area contributed by atoms with Gasteiger partial charge in [-0.15, -0.1) is 0 Å². The molecule has 0 heterocycles. The molecule has 0 unspecified atom stereocenters. The number of ether oxygens (including phenoxy) is 2. The first kappa shape index (κ1) is 23.9. The summed E-state index contributed by atoms with van der Waals surface area (Å²) in [6, 6.07) is 6.05. The first-order valence-electron chi connectivity index (χ1n) is 9.97. The van der Waals surface area contributed by atoms with Crippen LogP contribution in [0.2, 0.25) is 0 Å². The normalized spacial score (nSPS) is 10.4. The van der Waals surface area contributed by atoms with Crippen molar-refractivity contribution in [2.75, 3.05) is 13.2 Å². The van der Waals surface area contributed by atoms with Crippen molar-refractivity contribution in [1.82, 2.24) is 0 Å². The monoisotopic (exact) mass is 390 g/mol. The number of unbranched alkanes of at least 4 members (excludes halogenated alkanes) is 8. The Kier molecular flexibility index (Phi) is 12.7. The molecule has 0 aliphatic carbocycles. The van der Waals surface area contributed by atoms with Gasteiger partial charge in [-0.2, -0.15) is 0 Å². The van der Waals surface area contributed by atoms with Gasteiger partial charge in [-0.05, 0) is 30.4 Å². The van der Waals surface area contributed by atoms with E-state index in [9.17, 15) is 9.59 Å². The molecule has 0 atom stereocenters. The van der Waals surface area contributed by atoms with Gasteiger partial charge >= 0.3 is 19.1 Å². The molecule has 0 aromatic heterocycles. The standard InChI is InChI=1S/C21H31BO6/c1-2-20(23)27-16-10-8-6-4-3-5-7-9-11-17-28-21(24)18-12-14-19(15-13-18)22(25)26/h2,12-15,25-26H,1,3-11,16-17H2. The molecule has 7 heteroatoms. The molecule has 0 amide bonds. The highest BCUT2D eigenvalue weighted by atomic mass is 16.5. The highest BCUT2D eigenvalue weighted by molar-refractivity contribution is 6.58. The zero-order valence-electron chi connectivity index (χ0n) is 16.5. The summed E-state index contributed by atoms with van der Waals surface area (Å²) in [5.41, 5.74) is 0.747. The maximum atomic E-state index is 11.9. The van der Waals surface area contributed by atoms with Crippen molar-refractivity contribution in [3.05, 3.63) is 42.5 Å². The predicted molar refractivity (Wildman–Crippen MR) is 109 cm³/mol. The predicted octanol–water partition coefficient (Wildman–Crippen LogP) is 2.76. The number of carbonyl (C=O) groups excluding carboxylic acids is 2. The van der Waals surface area contributed by atoms with Gasteiger partial charge in [0, 0.05) is 6.08 Å². The van der Waals surface area contributed by atoms with Crippen LogP contribution in [0.4, 0.5) is 0 Å². The van der Waals surface area contributed by atoms with Gasteiger partial charge in [0.15, 0.2) is 0 Å². The van der Waals surface area contributed by atoms with E-state index in [0.29, 0.717) is 24.2 Å². The molecule has 6 nitrogen and oxygen atoms in total. The van der Waals surface area contributed by atoms with E-state index in [-0.39, 0.29) is 5.97 Å². The van der Waals surface area contributed by atoms with E-state index in [4.69, 9.17) is 19.5 Å². The maximum Gasteiger partial charge on any atom is 0.488 e. The third-order valence-electron chi connectivity index (χ3n) is 4.38. The molecule has 2 N–H and O–H groups in total. The molecule has 0 spiro atoms. The van der Waals surface area contributed by atoms with Crippen LogP contribution in [-0.2, 0) is 14.3 Å². The number of benzene rings is 1. The molecule has 154 valence electrons. The summed E-state index contributed by atoms with van der Waals surface area (Å²) < 4.78 is 10.2. The van der Waals surface area contributed by atoms with Crippen LogP contribution >= 0.6 is 0 Å². The summed E-state index contributed by atoms with van der Waals surface area (Å²) >= 11 is 0. The van der Waals surface area contributed by atoms with E-state index in [1.807, 2.05) is 0 Å². The van der Waals surface area contributed by atoms with Gasteiger partial charge in [-0.3, -0.25) is 0 Å². The second-order valence-corrected chi connectivity index (χ2v) is 6.69. The van der Waals surface area contributed by atoms with Crippen LogP contribution in [0.15, 0.2) is 36.9 Å². The Morgan fingerprint density at radius 2 is 1.29 bits per heavy atom. The minimum absolute atomic E-state index is 0.340. The van der Waals surface area contributed by atoms with Crippen molar-refractivity contribution in [1.29, 1.82) is 0 Å².